The average Bonchev–Trinajstić information content (AvgIpc) is 2.75. The molecule has 1 aromatic heterocycles. The Morgan fingerprint density at radius 3 is 2.75 bits per heavy atom. The van der Waals surface area contributed by atoms with Crippen molar-refractivity contribution in [1.29, 1.82) is 0 Å². The molecule has 0 radical (unpaired) electrons. The summed E-state index contributed by atoms with van der Waals surface area (Å²) in [5, 5.41) is 3.86. The molecular formula is C12H15N3O. The van der Waals surface area contributed by atoms with Gasteiger partial charge >= 0.3 is 0 Å². The van der Waals surface area contributed by atoms with E-state index in [9.17, 15) is 0 Å². The van der Waals surface area contributed by atoms with Gasteiger partial charge in [-0.05, 0) is 17.5 Å². The molecule has 1 heterocycles. The van der Waals surface area contributed by atoms with Gasteiger partial charge in [0.2, 0.25) is 5.89 Å². The van der Waals surface area contributed by atoms with Crippen LogP contribution in [0.25, 0.3) is 0 Å². The van der Waals surface area contributed by atoms with E-state index in [1.54, 1.807) is 6.92 Å². The summed E-state index contributed by atoms with van der Waals surface area (Å²) in [7, 11) is 0. The number of aromatic nitrogens is 2. The summed E-state index contributed by atoms with van der Waals surface area (Å²) in [4.78, 5) is 4.16. The number of rotatable bonds is 3. The van der Waals surface area contributed by atoms with Crippen molar-refractivity contribution in [3.8, 4) is 0 Å². The number of nitrogens with zero attached hydrogens (tertiary/aromatic N) is 2. The Bertz CT molecular complexity index is 479. The Hall–Kier alpha value is -1.68. The highest BCUT2D eigenvalue weighted by atomic mass is 16.5. The van der Waals surface area contributed by atoms with Crippen LogP contribution in [0.1, 0.15) is 35.8 Å². The van der Waals surface area contributed by atoms with Gasteiger partial charge in [0.1, 0.15) is 0 Å². The van der Waals surface area contributed by atoms with Crippen molar-refractivity contribution in [1.82, 2.24) is 10.1 Å². The molecule has 1 aromatic carbocycles. The molecule has 2 rings (SSSR count). The second kappa shape index (κ2) is 4.45. The lowest BCUT2D eigenvalue weighted by Gasteiger charge is -2.11. The zero-order valence-electron chi connectivity index (χ0n) is 9.47. The van der Waals surface area contributed by atoms with Crippen LogP contribution < -0.4 is 5.73 Å². The Kier molecular flexibility index (Phi) is 3.01. The predicted octanol–water partition coefficient (Wildman–Crippen LogP) is 1.99. The van der Waals surface area contributed by atoms with E-state index in [4.69, 9.17) is 10.3 Å². The molecule has 0 fully saturated rings. The first kappa shape index (κ1) is 10.8. The molecule has 0 spiro atoms. The van der Waals surface area contributed by atoms with Gasteiger partial charge in [0, 0.05) is 6.92 Å². The van der Waals surface area contributed by atoms with Gasteiger partial charge in [-0.2, -0.15) is 4.98 Å². The molecule has 0 aliphatic heterocycles. The zero-order valence-corrected chi connectivity index (χ0v) is 9.47. The standard InChI is InChI=1S/C12H15N3O/c1-3-9-6-4-5-7-10(9)11(13)12-14-8(2)16-15-12/h4-7,11H,3,13H2,1-2H3. The molecular weight excluding hydrogens is 202 g/mol. The fraction of sp³-hybridized carbons (Fsp3) is 0.333. The maximum absolute atomic E-state index is 6.12. The number of hydrogen-bond donors (Lipinski definition) is 1. The van der Waals surface area contributed by atoms with Crippen molar-refractivity contribution in [2.75, 3.05) is 0 Å². The van der Waals surface area contributed by atoms with Gasteiger partial charge in [0.25, 0.3) is 0 Å². The third kappa shape index (κ3) is 1.97. The van der Waals surface area contributed by atoms with Crippen LogP contribution in [0.2, 0.25) is 0 Å². The third-order valence-corrected chi connectivity index (χ3v) is 2.59. The van der Waals surface area contributed by atoms with Gasteiger partial charge in [-0.25, -0.2) is 0 Å². The SMILES string of the molecule is CCc1ccccc1C(N)c1noc(C)n1. The molecule has 0 amide bonds. The maximum Gasteiger partial charge on any atom is 0.223 e. The summed E-state index contributed by atoms with van der Waals surface area (Å²) < 4.78 is 4.94. The van der Waals surface area contributed by atoms with E-state index in [1.165, 1.54) is 5.56 Å². The van der Waals surface area contributed by atoms with Crippen LogP contribution in [-0.4, -0.2) is 10.1 Å². The summed E-state index contributed by atoms with van der Waals surface area (Å²) >= 11 is 0. The Morgan fingerprint density at radius 2 is 2.12 bits per heavy atom. The topological polar surface area (TPSA) is 64.9 Å². The highest BCUT2D eigenvalue weighted by Crippen LogP contribution is 2.21. The van der Waals surface area contributed by atoms with Gasteiger partial charge in [-0.3, -0.25) is 0 Å². The molecule has 2 aromatic rings. The van der Waals surface area contributed by atoms with Crippen LogP contribution in [0.4, 0.5) is 0 Å². The summed E-state index contributed by atoms with van der Waals surface area (Å²) in [6.07, 6.45) is 0.945. The molecule has 84 valence electrons. The lowest BCUT2D eigenvalue weighted by atomic mass is 9.99. The largest absolute Gasteiger partial charge is 0.340 e. The molecule has 4 heteroatoms. The first-order chi connectivity index (χ1) is 7.72. The fourth-order valence-electron chi connectivity index (χ4n) is 1.74. The minimum Gasteiger partial charge on any atom is -0.340 e. The molecule has 0 aliphatic rings. The Balaban J connectivity index is 2.36. The summed E-state index contributed by atoms with van der Waals surface area (Å²) in [6.45, 7) is 3.86. The molecule has 0 saturated carbocycles. The smallest absolute Gasteiger partial charge is 0.223 e. The summed E-state index contributed by atoms with van der Waals surface area (Å²) in [5.74, 6) is 1.08. The second-order valence-electron chi connectivity index (χ2n) is 3.70. The maximum atomic E-state index is 6.12. The van der Waals surface area contributed by atoms with Crippen molar-refractivity contribution < 1.29 is 4.52 Å². The predicted molar refractivity (Wildman–Crippen MR) is 60.9 cm³/mol. The Labute approximate surface area is 94.5 Å². The fourth-order valence-corrected chi connectivity index (χ4v) is 1.74. The van der Waals surface area contributed by atoms with Crippen LogP contribution in [0.15, 0.2) is 28.8 Å². The van der Waals surface area contributed by atoms with Crippen LogP contribution >= 0.6 is 0 Å². The van der Waals surface area contributed by atoms with Crippen LogP contribution in [0, 0.1) is 6.92 Å². The molecule has 1 atom stereocenters. The van der Waals surface area contributed by atoms with Crippen molar-refractivity contribution in [3.05, 3.63) is 47.1 Å². The first-order valence-corrected chi connectivity index (χ1v) is 5.36. The average molecular weight is 217 g/mol. The second-order valence-corrected chi connectivity index (χ2v) is 3.70. The van der Waals surface area contributed by atoms with E-state index in [2.05, 4.69) is 23.1 Å². The van der Waals surface area contributed by atoms with Gasteiger partial charge in [0.05, 0.1) is 6.04 Å². The van der Waals surface area contributed by atoms with Crippen LogP contribution in [-0.2, 0) is 6.42 Å². The van der Waals surface area contributed by atoms with Crippen molar-refractivity contribution in [2.45, 2.75) is 26.3 Å². The van der Waals surface area contributed by atoms with Crippen molar-refractivity contribution in [3.63, 3.8) is 0 Å². The van der Waals surface area contributed by atoms with Gasteiger partial charge < -0.3 is 10.3 Å². The zero-order chi connectivity index (χ0) is 11.5. The van der Waals surface area contributed by atoms with Gasteiger partial charge in [-0.15, -0.1) is 0 Å². The molecule has 0 bridgehead atoms. The van der Waals surface area contributed by atoms with E-state index in [1.807, 2.05) is 18.2 Å². The molecule has 16 heavy (non-hydrogen) atoms. The summed E-state index contributed by atoms with van der Waals surface area (Å²) in [5.41, 5.74) is 8.40. The first-order valence-electron chi connectivity index (χ1n) is 5.36. The van der Waals surface area contributed by atoms with Gasteiger partial charge in [0.15, 0.2) is 5.82 Å². The van der Waals surface area contributed by atoms with E-state index >= 15 is 0 Å². The number of aryl methyl sites for hydroxylation is 2. The van der Waals surface area contributed by atoms with E-state index < -0.39 is 0 Å². The molecule has 2 N–H and O–H groups in total. The van der Waals surface area contributed by atoms with E-state index in [0.29, 0.717) is 11.7 Å². The highest BCUT2D eigenvalue weighted by molar-refractivity contribution is 5.32. The quantitative estimate of drug-likeness (QED) is 0.853. The molecule has 1 unspecified atom stereocenters. The lowest BCUT2D eigenvalue weighted by Crippen LogP contribution is -2.15. The van der Waals surface area contributed by atoms with Crippen molar-refractivity contribution in [2.24, 2.45) is 5.73 Å². The normalized spacial score (nSPS) is 12.7. The minimum atomic E-state index is -0.311. The Morgan fingerprint density at radius 1 is 1.38 bits per heavy atom. The monoisotopic (exact) mass is 217 g/mol. The highest BCUT2D eigenvalue weighted by Gasteiger charge is 2.16. The minimum absolute atomic E-state index is 0.311. The third-order valence-electron chi connectivity index (χ3n) is 2.59. The van der Waals surface area contributed by atoms with E-state index in [-0.39, 0.29) is 6.04 Å². The van der Waals surface area contributed by atoms with Crippen molar-refractivity contribution >= 4 is 0 Å². The van der Waals surface area contributed by atoms with Crippen LogP contribution in [0.3, 0.4) is 0 Å². The van der Waals surface area contributed by atoms with Crippen LogP contribution in [0.5, 0.6) is 0 Å². The molecule has 0 aliphatic carbocycles. The lowest BCUT2D eigenvalue weighted by molar-refractivity contribution is 0.385. The van der Waals surface area contributed by atoms with Gasteiger partial charge in [-0.1, -0.05) is 36.3 Å². The number of benzene rings is 1. The number of nitrogens with two attached hydrogens (primary N) is 1. The molecule has 4 nitrogen and oxygen atoms in total. The summed E-state index contributed by atoms with van der Waals surface area (Å²) in [6, 6.07) is 7.75. The van der Waals surface area contributed by atoms with E-state index in [0.717, 1.165) is 12.0 Å². The number of hydrogen-bond acceptors (Lipinski definition) is 4. The molecule has 0 saturated heterocycles.